The van der Waals surface area contributed by atoms with Gasteiger partial charge in [0.25, 0.3) is 10.0 Å². The van der Waals surface area contributed by atoms with Crippen molar-refractivity contribution in [1.82, 2.24) is 19.7 Å². The number of rotatable bonds is 6. The third kappa shape index (κ3) is 3.62. The van der Waals surface area contributed by atoms with Gasteiger partial charge in [0.2, 0.25) is 0 Å². The predicted octanol–water partition coefficient (Wildman–Crippen LogP) is 0.443. The molecule has 0 fully saturated rings. The average molecular weight is 345 g/mol. The van der Waals surface area contributed by atoms with Crippen molar-refractivity contribution in [2.45, 2.75) is 17.5 Å². The van der Waals surface area contributed by atoms with Crippen molar-refractivity contribution in [2.75, 3.05) is 0 Å². The van der Waals surface area contributed by atoms with E-state index in [4.69, 9.17) is 11.6 Å². The van der Waals surface area contributed by atoms with Gasteiger partial charge in [0.1, 0.15) is 6.04 Å². The normalized spacial score (nSPS) is 13.0. The molecule has 1 atom stereocenters. The number of aliphatic carboxylic acids is 1. The Hall–Kier alpha value is -1.97. The summed E-state index contributed by atoms with van der Waals surface area (Å²) < 4.78 is 27.6. The smallest absolute Gasteiger partial charge is 0.322 e. The van der Waals surface area contributed by atoms with Crippen LogP contribution in [-0.4, -0.2) is 40.5 Å². The van der Waals surface area contributed by atoms with Crippen molar-refractivity contribution in [3.8, 4) is 0 Å². The highest BCUT2D eigenvalue weighted by Crippen LogP contribution is 2.17. The number of carboxylic acid groups (broad SMARTS) is 1. The average Bonchev–Trinajstić information content (AvgIpc) is 2.87. The number of halogens is 1. The Morgan fingerprint density at radius 3 is 2.68 bits per heavy atom. The van der Waals surface area contributed by atoms with Crippen molar-refractivity contribution < 1.29 is 18.3 Å². The Labute approximate surface area is 131 Å². The number of nitrogens with one attached hydrogen (secondary N) is 1. The Morgan fingerprint density at radius 2 is 2.14 bits per heavy atom. The van der Waals surface area contributed by atoms with E-state index >= 15 is 0 Å². The van der Waals surface area contributed by atoms with E-state index in [2.05, 4.69) is 15.0 Å². The minimum Gasteiger partial charge on any atom is -0.480 e. The van der Waals surface area contributed by atoms with Crippen LogP contribution < -0.4 is 4.72 Å². The lowest BCUT2D eigenvalue weighted by atomic mass is 10.1. The molecule has 0 amide bonds. The third-order valence-electron chi connectivity index (χ3n) is 2.93. The first-order valence-corrected chi connectivity index (χ1v) is 8.00. The van der Waals surface area contributed by atoms with Gasteiger partial charge in [-0.15, -0.1) is 5.10 Å². The number of carboxylic acids is 1. The molecule has 0 spiro atoms. The summed E-state index contributed by atoms with van der Waals surface area (Å²) in [4.78, 5) is 11.3. The fourth-order valence-electron chi connectivity index (χ4n) is 1.83. The second kappa shape index (κ2) is 6.42. The Balaban J connectivity index is 2.25. The van der Waals surface area contributed by atoms with Crippen molar-refractivity contribution in [1.29, 1.82) is 0 Å². The summed E-state index contributed by atoms with van der Waals surface area (Å²) in [6.45, 7) is 0. The second-order valence-electron chi connectivity index (χ2n) is 4.50. The molecular formula is C12H13ClN4O4S. The highest BCUT2D eigenvalue weighted by Gasteiger charge is 2.28. The number of benzene rings is 1. The molecule has 22 heavy (non-hydrogen) atoms. The molecule has 0 aliphatic carbocycles. The van der Waals surface area contributed by atoms with Gasteiger partial charge in [-0.1, -0.05) is 35.0 Å². The molecule has 1 heterocycles. The highest BCUT2D eigenvalue weighted by molar-refractivity contribution is 7.89. The molecule has 1 aromatic carbocycles. The van der Waals surface area contributed by atoms with E-state index in [1.165, 1.54) is 7.05 Å². The van der Waals surface area contributed by atoms with Crippen molar-refractivity contribution in [3.05, 3.63) is 41.0 Å². The van der Waals surface area contributed by atoms with Gasteiger partial charge >= 0.3 is 5.97 Å². The summed E-state index contributed by atoms with van der Waals surface area (Å²) in [5, 5.41) is 16.4. The molecule has 0 aliphatic rings. The Morgan fingerprint density at radius 1 is 1.45 bits per heavy atom. The second-order valence-corrected chi connectivity index (χ2v) is 6.57. The third-order valence-corrected chi connectivity index (χ3v) is 4.81. The molecule has 0 saturated heterocycles. The van der Waals surface area contributed by atoms with Gasteiger partial charge < -0.3 is 5.11 Å². The zero-order valence-electron chi connectivity index (χ0n) is 11.5. The van der Waals surface area contributed by atoms with Crippen molar-refractivity contribution >= 4 is 27.6 Å². The molecular weight excluding hydrogens is 332 g/mol. The van der Waals surface area contributed by atoms with E-state index < -0.39 is 22.0 Å². The SMILES string of the molecule is Cn1nncc1S(=O)(=O)NC(Cc1ccccc1Cl)C(=O)O. The maximum Gasteiger partial charge on any atom is 0.322 e. The number of sulfonamides is 1. The first kappa shape index (κ1) is 16.4. The van der Waals surface area contributed by atoms with Crippen LogP contribution in [0.5, 0.6) is 0 Å². The van der Waals surface area contributed by atoms with Crippen LogP contribution in [0.3, 0.4) is 0 Å². The molecule has 0 aliphatic heterocycles. The van der Waals surface area contributed by atoms with E-state index in [1.807, 2.05) is 0 Å². The summed E-state index contributed by atoms with van der Waals surface area (Å²) in [6, 6.07) is 5.28. The minimum atomic E-state index is -4.06. The van der Waals surface area contributed by atoms with Crippen LogP contribution in [0.4, 0.5) is 0 Å². The zero-order chi connectivity index (χ0) is 16.3. The quantitative estimate of drug-likeness (QED) is 0.786. The maximum atomic E-state index is 12.2. The highest BCUT2D eigenvalue weighted by atomic mass is 35.5. The molecule has 0 saturated carbocycles. The molecule has 2 N–H and O–H groups in total. The summed E-state index contributed by atoms with van der Waals surface area (Å²) >= 11 is 5.97. The molecule has 0 bridgehead atoms. The van der Waals surface area contributed by atoms with Crippen LogP contribution >= 0.6 is 11.6 Å². The van der Waals surface area contributed by atoms with Gasteiger partial charge in [-0.25, -0.2) is 13.1 Å². The largest absolute Gasteiger partial charge is 0.480 e. The van der Waals surface area contributed by atoms with Gasteiger partial charge in [0.15, 0.2) is 5.03 Å². The van der Waals surface area contributed by atoms with Crippen molar-refractivity contribution in [2.24, 2.45) is 7.05 Å². The minimum absolute atomic E-state index is 0.0838. The molecule has 8 nitrogen and oxygen atoms in total. The van der Waals surface area contributed by atoms with Crippen LogP contribution in [0, 0.1) is 0 Å². The molecule has 10 heteroatoms. The number of aryl methyl sites for hydroxylation is 1. The van der Waals surface area contributed by atoms with Crippen LogP contribution in [0.15, 0.2) is 35.5 Å². The van der Waals surface area contributed by atoms with E-state index in [-0.39, 0.29) is 11.4 Å². The maximum absolute atomic E-state index is 12.2. The van der Waals surface area contributed by atoms with Crippen LogP contribution in [-0.2, 0) is 28.3 Å². The standard InChI is InChI=1S/C12H13ClN4O4S/c1-17-11(7-14-16-17)22(20,21)15-10(12(18)19)6-8-4-2-3-5-9(8)13/h2-5,7,10,15H,6H2,1H3,(H,18,19). The van der Waals surface area contributed by atoms with Crippen LogP contribution in [0.25, 0.3) is 0 Å². The first-order chi connectivity index (χ1) is 10.3. The van der Waals surface area contributed by atoms with Gasteiger partial charge in [-0.2, -0.15) is 4.72 Å². The van der Waals surface area contributed by atoms with Gasteiger partial charge in [0, 0.05) is 18.5 Å². The number of nitrogens with zero attached hydrogens (tertiary/aromatic N) is 3. The number of hydrogen-bond acceptors (Lipinski definition) is 5. The molecule has 2 rings (SSSR count). The molecule has 2 aromatic rings. The molecule has 1 unspecified atom stereocenters. The van der Waals surface area contributed by atoms with E-state index in [9.17, 15) is 18.3 Å². The van der Waals surface area contributed by atoms with Gasteiger partial charge in [0.05, 0.1) is 6.20 Å². The number of aromatic nitrogens is 3. The number of carbonyl (C=O) groups is 1. The lowest BCUT2D eigenvalue weighted by Crippen LogP contribution is -2.42. The zero-order valence-corrected chi connectivity index (χ0v) is 13.0. The van der Waals surface area contributed by atoms with Crippen LogP contribution in [0.2, 0.25) is 5.02 Å². The predicted molar refractivity (Wildman–Crippen MR) is 77.9 cm³/mol. The molecule has 0 radical (unpaired) electrons. The summed E-state index contributed by atoms with van der Waals surface area (Å²) in [5.74, 6) is -1.31. The van der Waals surface area contributed by atoms with E-state index in [0.29, 0.717) is 10.6 Å². The molecule has 1 aromatic heterocycles. The van der Waals surface area contributed by atoms with Gasteiger partial charge in [-0.05, 0) is 11.6 Å². The van der Waals surface area contributed by atoms with Crippen molar-refractivity contribution in [3.63, 3.8) is 0 Å². The van der Waals surface area contributed by atoms with Crippen LogP contribution in [0.1, 0.15) is 5.56 Å². The summed E-state index contributed by atoms with van der Waals surface area (Å²) in [5.41, 5.74) is 0.530. The van der Waals surface area contributed by atoms with E-state index in [0.717, 1.165) is 10.9 Å². The Bertz CT molecular complexity index is 790. The van der Waals surface area contributed by atoms with E-state index in [1.54, 1.807) is 24.3 Å². The van der Waals surface area contributed by atoms with Gasteiger partial charge in [-0.3, -0.25) is 4.79 Å². The molecule has 118 valence electrons. The summed E-state index contributed by atoms with van der Waals surface area (Å²) in [7, 11) is -2.67. The lowest BCUT2D eigenvalue weighted by Gasteiger charge is -2.15. The topological polar surface area (TPSA) is 114 Å². The Kier molecular flexibility index (Phi) is 4.79. The fraction of sp³-hybridized carbons (Fsp3) is 0.250. The monoisotopic (exact) mass is 344 g/mol. The first-order valence-electron chi connectivity index (χ1n) is 6.14. The summed E-state index contributed by atoms with van der Waals surface area (Å²) in [6.07, 6.45) is 0.955. The number of hydrogen-bond donors (Lipinski definition) is 2. The fourth-order valence-corrected chi connectivity index (χ4v) is 3.30. The lowest BCUT2D eigenvalue weighted by molar-refractivity contribution is -0.138.